The Balaban J connectivity index is 3.85. The molecule has 0 saturated carbocycles. The van der Waals surface area contributed by atoms with Gasteiger partial charge in [0, 0.05) is 0 Å². The minimum Gasteiger partial charge on any atom is -0.376 e. The number of hydrogen-bond acceptors (Lipinski definition) is 7. The van der Waals surface area contributed by atoms with Gasteiger partial charge in [0.2, 0.25) is 0 Å². The van der Waals surface area contributed by atoms with E-state index in [4.69, 9.17) is 4.74 Å². The lowest BCUT2D eigenvalue weighted by molar-refractivity contribution is 0.0230. The SMILES string of the molecule is CC(COCC(C)OS(C)(=O)=O)OS(C)(=O)=O. The maximum Gasteiger partial charge on any atom is 0.264 e. The zero-order chi connectivity index (χ0) is 13.7. The molecule has 0 aliphatic heterocycles. The Bertz CT molecular complexity index is 371. The van der Waals surface area contributed by atoms with Gasteiger partial charge in [-0.05, 0) is 13.8 Å². The molecule has 0 rings (SSSR count). The van der Waals surface area contributed by atoms with Gasteiger partial charge in [-0.1, -0.05) is 0 Å². The second-order valence-electron chi connectivity index (χ2n) is 3.76. The molecule has 0 aromatic carbocycles. The highest BCUT2D eigenvalue weighted by molar-refractivity contribution is 7.86. The van der Waals surface area contributed by atoms with Crippen molar-refractivity contribution in [1.29, 1.82) is 0 Å². The van der Waals surface area contributed by atoms with Gasteiger partial charge in [0.05, 0.1) is 37.9 Å². The van der Waals surface area contributed by atoms with Crippen molar-refractivity contribution in [2.24, 2.45) is 0 Å². The summed E-state index contributed by atoms with van der Waals surface area (Å²) in [5.41, 5.74) is 0. The van der Waals surface area contributed by atoms with Crippen LogP contribution in [0.4, 0.5) is 0 Å². The average Bonchev–Trinajstić information content (AvgIpc) is 1.95. The molecule has 0 radical (unpaired) electrons. The third-order valence-electron chi connectivity index (χ3n) is 1.38. The van der Waals surface area contributed by atoms with Gasteiger partial charge in [0.1, 0.15) is 0 Å². The monoisotopic (exact) mass is 290 g/mol. The van der Waals surface area contributed by atoms with Crippen LogP contribution in [0.2, 0.25) is 0 Å². The van der Waals surface area contributed by atoms with E-state index in [9.17, 15) is 16.8 Å². The van der Waals surface area contributed by atoms with Gasteiger partial charge in [-0.2, -0.15) is 16.8 Å². The van der Waals surface area contributed by atoms with Crippen molar-refractivity contribution in [3.8, 4) is 0 Å². The number of ether oxygens (including phenoxy) is 1. The van der Waals surface area contributed by atoms with Gasteiger partial charge in [0.25, 0.3) is 20.2 Å². The fourth-order valence-corrected chi connectivity index (χ4v) is 2.36. The summed E-state index contributed by atoms with van der Waals surface area (Å²) in [6.45, 7) is 3.13. The van der Waals surface area contributed by atoms with Gasteiger partial charge in [-0.25, -0.2) is 0 Å². The molecule has 0 N–H and O–H groups in total. The Morgan fingerprint density at radius 3 is 1.35 bits per heavy atom. The molecule has 0 amide bonds. The van der Waals surface area contributed by atoms with Crippen molar-refractivity contribution >= 4 is 20.2 Å². The number of rotatable bonds is 8. The predicted molar refractivity (Wildman–Crippen MR) is 61.6 cm³/mol. The summed E-state index contributed by atoms with van der Waals surface area (Å²) in [4.78, 5) is 0. The molecule has 0 aliphatic carbocycles. The van der Waals surface area contributed by atoms with Crippen LogP contribution in [0.25, 0.3) is 0 Å². The second kappa shape index (κ2) is 6.64. The molecule has 9 heteroatoms. The summed E-state index contributed by atoms with van der Waals surface area (Å²) in [6, 6.07) is 0. The molecule has 0 aliphatic rings. The Kier molecular flexibility index (Phi) is 6.56. The third-order valence-corrected chi connectivity index (χ3v) is 2.74. The molecular weight excluding hydrogens is 272 g/mol. The van der Waals surface area contributed by atoms with Crippen LogP contribution in [0.5, 0.6) is 0 Å². The van der Waals surface area contributed by atoms with Gasteiger partial charge in [-0.15, -0.1) is 0 Å². The van der Waals surface area contributed by atoms with E-state index >= 15 is 0 Å². The van der Waals surface area contributed by atoms with E-state index in [-0.39, 0.29) is 13.2 Å². The summed E-state index contributed by atoms with van der Waals surface area (Å²) in [6.07, 6.45) is 0.628. The van der Waals surface area contributed by atoms with Crippen LogP contribution in [-0.2, 0) is 33.3 Å². The first-order valence-corrected chi connectivity index (χ1v) is 8.47. The van der Waals surface area contributed by atoms with Crippen molar-refractivity contribution in [3.63, 3.8) is 0 Å². The van der Waals surface area contributed by atoms with Gasteiger partial charge in [0.15, 0.2) is 0 Å². The van der Waals surface area contributed by atoms with E-state index < -0.39 is 32.4 Å². The van der Waals surface area contributed by atoms with Crippen molar-refractivity contribution < 1.29 is 29.9 Å². The zero-order valence-electron chi connectivity index (χ0n) is 10.2. The largest absolute Gasteiger partial charge is 0.376 e. The van der Waals surface area contributed by atoms with Gasteiger partial charge >= 0.3 is 0 Å². The summed E-state index contributed by atoms with van der Waals surface area (Å²) in [7, 11) is -7.02. The van der Waals surface area contributed by atoms with Gasteiger partial charge in [-0.3, -0.25) is 8.37 Å². The Labute approximate surface area is 102 Å². The minimum atomic E-state index is -3.51. The molecule has 0 saturated heterocycles. The lowest BCUT2D eigenvalue weighted by Gasteiger charge is -2.14. The minimum absolute atomic E-state index is 0.0323. The molecule has 2 unspecified atom stereocenters. The van der Waals surface area contributed by atoms with Crippen LogP contribution >= 0.6 is 0 Å². The first kappa shape index (κ1) is 16.8. The molecule has 0 fully saturated rings. The second-order valence-corrected chi connectivity index (χ2v) is 6.96. The fourth-order valence-electron chi connectivity index (χ4n) is 1.05. The molecule has 0 spiro atoms. The van der Waals surface area contributed by atoms with Crippen LogP contribution < -0.4 is 0 Å². The van der Waals surface area contributed by atoms with Crippen molar-refractivity contribution in [1.82, 2.24) is 0 Å². The highest BCUT2D eigenvalue weighted by atomic mass is 32.2. The first-order chi connectivity index (χ1) is 7.49. The third kappa shape index (κ3) is 12.0. The quantitative estimate of drug-likeness (QED) is 0.568. The Morgan fingerprint density at radius 2 is 1.12 bits per heavy atom. The topological polar surface area (TPSA) is 96.0 Å². The molecule has 7 nitrogen and oxygen atoms in total. The molecule has 0 bridgehead atoms. The molecule has 0 heterocycles. The Hall–Kier alpha value is -0.220. The van der Waals surface area contributed by atoms with E-state index in [1.807, 2.05) is 0 Å². The van der Waals surface area contributed by atoms with E-state index in [0.29, 0.717) is 0 Å². The molecule has 104 valence electrons. The fraction of sp³-hybridized carbons (Fsp3) is 1.00. The molecule has 2 atom stereocenters. The predicted octanol–water partition coefficient (Wildman–Crippen LogP) is -0.268. The number of hydrogen-bond donors (Lipinski definition) is 0. The van der Waals surface area contributed by atoms with Crippen molar-refractivity contribution in [3.05, 3.63) is 0 Å². The highest BCUT2D eigenvalue weighted by Crippen LogP contribution is 2.01. The smallest absolute Gasteiger partial charge is 0.264 e. The normalized spacial score (nSPS) is 16.7. The average molecular weight is 290 g/mol. The van der Waals surface area contributed by atoms with E-state index in [0.717, 1.165) is 12.5 Å². The first-order valence-electron chi connectivity index (χ1n) is 4.84. The van der Waals surface area contributed by atoms with E-state index in [1.54, 1.807) is 0 Å². The standard InChI is InChI=1S/C8H18O7S2/c1-7(14-16(3,9)10)5-13-6-8(2)15-17(4,11)12/h7-8H,5-6H2,1-4H3. The van der Waals surface area contributed by atoms with Crippen LogP contribution in [-0.4, -0.2) is 54.8 Å². The zero-order valence-corrected chi connectivity index (χ0v) is 11.9. The molecular formula is C8H18O7S2. The summed E-state index contributed by atoms with van der Waals surface area (Å²) in [5.74, 6) is 0. The summed E-state index contributed by atoms with van der Waals surface area (Å²) in [5, 5.41) is 0. The van der Waals surface area contributed by atoms with Crippen LogP contribution in [0, 0.1) is 0 Å². The maximum atomic E-state index is 10.7. The van der Waals surface area contributed by atoms with E-state index in [1.165, 1.54) is 13.8 Å². The van der Waals surface area contributed by atoms with E-state index in [2.05, 4.69) is 8.37 Å². The van der Waals surface area contributed by atoms with Gasteiger partial charge < -0.3 is 4.74 Å². The van der Waals surface area contributed by atoms with Crippen molar-refractivity contribution in [2.45, 2.75) is 26.1 Å². The van der Waals surface area contributed by atoms with Crippen LogP contribution in [0.1, 0.15) is 13.8 Å². The maximum absolute atomic E-state index is 10.7. The molecule has 0 aromatic rings. The lowest BCUT2D eigenvalue weighted by Crippen LogP contribution is -2.24. The Morgan fingerprint density at radius 1 is 0.824 bits per heavy atom. The molecule has 17 heavy (non-hydrogen) atoms. The summed E-state index contributed by atoms with van der Waals surface area (Å²) >= 11 is 0. The summed E-state index contributed by atoms with van der Waals surface area (Å²) < 4.78 is 57.3. The van der Waals surface area contributed by atoms with Crippen LogP contribution in [0.3, 0.4) is 0 Å². The lowest BCUT2D eigenvalue weighted by atomic mass is 10.4. The highest BCUT2D eigenvalue weighted by Gasteiger charge is 2.13. The van der Waals surface area contributed by atoms with Crippen molar-refractivity contribution in [2.75, 3.05) is 25.7 Å². The molecule has 0 aromatic heterocycles. The van der Waals surface area contributed by atoms with Crippen LogP contribution in [0.15, 0.2) is 0 Å².